The van der Waals surface area contributed by atoms with E-state index in [1.54, 1.807) is 6.92 Å². The molecule has 4 aromatic rings. The minimum Gasteiger partial charge on any atom is -0.481 e. The number of rotatable bonds is 8. The SMILES string of the molecule is Cc1ccc(CC[C@@](C)(CO)C(=O)O)cc1/C=C/c1cccc(-c2ccc3ncoc3c2)c1C. The molecule has 0 amide bonds. The number of benzene rings is 3. The monoisotopic (exact) mass is 455 g/mol. The van der Waals surface area contributed by atoms with Crippen LogP contribution in [-0.2, 0) is 11.2 Å². The van der Waals surface area contributed by atoms with Gasteiger partial charge in [-0.05, 0) is 84.7 Å². The van der Waals surface area contributed by atoms with Crippen molar-refractivity contribution in [2.24, 2.45) is 5.41 Å². The first kappa shape index (κ1) is 23.5. The van der Waals surface area contributed by atoms with Gasteiger partial charge in [0.15, 0.2) is 12.0 Å². The third-order valence-corrected chi connectivity index (χ3v) is 6.63. The van der Waals surface area contributed by atoms with Gasteiger partial charge in [-0.2, -0.15) is 0 Å². The van der Waals surface area contributed by atoms with E-state index in [-0.39, 0.29) is 6.61 Å². The maximum Gasteiger partial charge on any atom is 0.311 e. The van der Waals surface area contributed by atoms with E-state index in [1.165, 1.54) is 12.0 Å². The van der Waals surface area contributed by atoms with E-state index in [4.69, 9.17) is 4.42 Å². The number of aryl methyl sites for hydroxylation is 2. The Morgan fingerprint density at radius 3 is 2.62 bits per heavy atom. The summed E-state index contributed by atoms with van der Waals surface area (Å²) in [6.07, 6.45) is 6.65. The first-order chi connectivity index (χ1) is 16.3. The molecule has 2 N–H and O–H groups in total. The van der Waals surface area contributed by atoms with Crippen molar-refractivity contribution < 1.29 is 19.4 Å². The zero-order valence-electron chi connectivity index (χ0n) is 19.7. The Morgan fingerprint density at radius 1 is 1.06 bits per heavy atom. The van der Waals surface area contributed by atoms with Crippen molar-refractivity contribution in [3.63, 3.8) is 0 Å². The number of aliphatic carboxylic acids is 1. The van der Waals surface area contributed by atoms with Crippen LogP contribution in [0.3, 0.4) is 0 Å². The van der Waals surface area contributed by atoms with E-state index in [1.807, 2.05) is 18.2 Å². The van der Waals surface area contributed by atoms with Gasteiger partial charge in [-0.25, -0.2) is 4.98 Å². The van der Waals surface area contributed by atoms with E-state index in [0.29, 0.717) is 12.8 Å². The van der Waals surface area contributed by atoms with E-state index in [2.05, 4.69) is 67.4 Å². The predicted molar refractivity (Wildman–Crippen MR) is 135 cm³/mol. The predicted octanol–water partition coefficient (Wildman–Crippen LogP) is 6.30. The Kier molecular flexibility index (Phi) is 6.66. The molecule has 0 aliphatic heterocycles. The maximum atomic E-state index is 11.5. The molecule has 1 aromatic heterocycles. The van der Waals surface area contributed by atoms with E-state index in [9.17, 15) is 15.0 Å². The molecule has 0 saturated carbocycles. The number of aliphatic hydroxyl groups is 1. The summed E-state index contributed by atoms with van der Waals surface area (Å²) in [6, 6.07) is 18.5. The van der Waals surface area contributed by atoms with Crippen LogP contribution in [0.25, 0.3) is 34.4 Å². The summed E-state index contributed by atoms with van der Waals surface area (Å²) < 4.78 is 5.47. The van der Waals surface area contributed by atoms with Gasteiger partial charge in [0.1, 0.15) is 5.52 Å². The van der Waals surface area contributed by atoms with E-state index in [0.717, 1.165) is 44.5 Å². The summed E-state index contributed by atoms with van der Waals surface area (Å²) >= 11 is 0. The van der Waals surface area contributed by atoms with Gasteiger partial charge in [0.25, 0.3) is 0 Å². The molecule has 0 fully saturated rings. The zero-order chi connectivity index (χ0) is 24.3. The number of hydrogen-bond acceptors (Lipinski definition) is 4. The van der Waals surface area contributed by atoms with Crippen molar-refractivity contribution in [2.45, 2.75) is 33.6 Å². The van der Waals surface area contributed by atoms with Gasteiger partial charge in [0, 0.05) is 0 Å². The topological polar surface area (TPSA) is 83.6 Å². The highest BCUT2D eigenvalue weighted by Crippen LogP contribution is 2.30. The van der Waals surface area contributed by atoms with Crippen LogP contribution in [0, 0.1) is 19.3 Å². The molecule has 0 unspecified atom stereocenters. The van der Waals surface area contributed by atoms with Crippen LogP contribution in [0.5, 0.6) is 0 Å². The normalized spacial score (nSPS) is 13.4. The lowest BCUT2D eigenvalue weighted by Crippen LogP contribution is -2.32. The number of carboxylic acid groups (broad SMARTS) is 1. The maximum absolute atomic E-state index is 11.5. The molecular weight excluding hydrogens is 426 g/mol. The molecule has 0 saturated heterocycles. The summed E-state index contributed by atoms with van der Waals surface area (Å²) in [5, 5.41) is 18.9. The standard InChI is InChI=1S/C29H29NO4/c1-19-7-8-21(13-14-29(3,17-31)28(32)33)15-23(19)10-9-22-5-4-6-25(20(22)2)24-11-12-26-27(16-24)34-18-30-26/h4-12,15-16,18,31H,13-14,17H2,1-3H3,(H,32,33)/b10-9+/t29-/m0/s1. The second-order valence-corrected chi connectivity index (χ2v) is 9.10. The molecule has 0 aliphatic rings. The van der Waals surface area contributed by atoms with Crippen molar-refractivity contribution >= 4 is 29.2 Å². The van der Waals surface area contributed by atoms with Crippen LogP contribution < -0.4 is 0 Å². The molecule has 3 aromatic carbocycles. The Balaban J connectivity index is 1.58. The minimum atomic E-state index is -1.13. The number of hydrogen-bond donors (Lipinski definition) is 2. The number of nitrogens with zero attached hydrogens (tertiary/aromatic N) is 1. The molecule has 0 aliphatic carbocycles. The number of carboxylic acids is 1. The quantitative estimate of drug-likeness (QED) is 0.305. The van der Waals surface area contributed by atoms with Crippen LogP contribution in [0.2, 0.25) is 0 Å². The molecule has 0 spiro atoms. The summed E-state index contributed by atoms with van der Waals surface area (Å²) in [5.41, 5.74) is 8.29. The average Bonchev–Trinajstić information content (AvgIpc) is 3.31. The van der Waals surface area contributed by atoms with Gasteiger partial charge in [-0.3, -0.25) is 4.79 Å². The Hall–Kier alpha value is -3.70. The van der Waals surface area contributed by atoms with Gasteiger partial charge in [0.05, 0.1) is 12.0 Å². The molecule has 0 bridgehead atoms. The van der Waals surface area contributed by atoms with Crippen LogP contribution in [-0.4, -0.2) is 27.8 Å². The van der Waals surface area contributed by atoms with Gasteiger partial charge in [-0.15, -0.1) is 0 Å². The second-order valence-electron chi connectivity index (χ2n) is 9.10. The van der Waals surface area contributed by atoms with Crippen LogP contribution in [0.4, 0.5) is 0 Å². The number of aromatic nitrogens is 1. The van der Waals surface area contributed by atoms with Crippen molar-refractivity contribution in [1.29, 1.82) is 0 Å². The fourth-order valence-corrected chi connectivity index (χ4v) is 4.05. The average molecular weight is 456 g/mol. The number of aliphatic hydroxyl groups excluding tert-OH is 1. The first-order valence-electron chi connectivity index (χ1n) is 11.4. The lowest BCUT2D eigenvalue weighted by molar-refractivity contribution is -0.150. The third-order valence-electron chi connectivity index (χ3n) is 6.63. The van der Waals surface area contributed by atoms with Crippen LogP contribution in [0.1, 0.15) is 41.2 Å². The largest absolute Gasteiger partial charge is 0.481 e. The molecule has 1 atom stereocenters. The molecule has 1 heterocycles. The lowest BCUT2D eigenvalue weighted by atomic mass is 9.84. The third kappa shape index (κ3) is 4.80. The first-order valence-corrected chi connectivity index (χ1v) is 11.4. The smallest absolute Gasteiger partial charge is 0.311 e. The minimum absolute atomic E-state index is 0.375. The Morgan fingerprint density at radius 2 is 1.85 bits per heavy atom. The van der Waals surface area contributed by atoms with Crippen LogP contribution in [0.15, 0.2) is 65.4 Å². The highest BCUT2D eigenvalue weighted by molar-refractivity contribution is 5.83. The van der Waals surface area contributed by atoms with Crippen molar-refractivity contribution in [1.82, 2.24) is 4.98 Å². The van der Waals surface area contributed by atoms with Gasteiger partial charge in [0.2, 0.25) is 0 Å². The van der Waals surface area contributed by atoms with Gasteiger partial charge >= 0.3 is 5.97 Å². The Bertz CT molecular complexity index is 1370. The Labute approximate surface area is 199 Å². The fraction of sp³-hybridized carbons (Fsp3) is 0.241. The lowest BCUT2D eigenvalue weighted by Gasteiger charge is -2.21. The number of carbonyl (C=O) groups is 1. The summed E-state index contributed by atoms with van der Waals surface area (Å²) in [5.74, 6) is -0.972. The second kappa shape index (κ2) is 9.65. The molecule has 34 heavy (non-hydrogen) atoms. The molecule has 174 valence electrons. The van der Waals surface area contributed by atoms with Crippen molar-refractivity contribution in [2.75, 3.05) is 6.61 Å². The number of fused-ring (bicyclic) bond motifs is 1. The zero-order valence-corrected chi connectivity index (χ0v) is 19.7. The van der Waals surface area contributed by atoms with Gasteiger partial charge in [-0.1, -0.05) is 54.6 Å². The summed E-state index contributed by atoms with van der Waals surface area (Å²) in [4.78, 5) is 15.7. The van der Waals surface area contributed by atoms with E-state index < -0.39 is 11.4 Å². The molecule has 0 radical (unpaired) electrons. The molecule has 4 rings (SSSR count). The number of oxazole rings is 1. The summed E-state index contributed by atoms with van der Waals surface area (Å²) in [6.45, 7) is 5.39. The van der Waals surface area contributed by atoms with E-state index >= 15 is 0 Å². The van der Waals surface area contributed by atoms with Crippen molar-refractivity contribution in [3.05, 3.63) is 88.8 Å². The molecular formula is C29H29NO4. The fourth-order valence-electron chi connectivity index (χ4n) is 4.05. The molecule has 5 nitrogen and oxygen atoms in total. The summed E-state index contributed by atoms with van der Waals surface area (Å²) in [7, 11) is 0. The van der Waals surface area contributed by atoms with Crippen molar-refractivity contribution in [3.8, 4) is 11.1 Å². The van der Waals surface area contributed by atoms with Crippen LogP contribution >= 0.6 is 0 Å². The van der Waals surface area contributed by atoms with Gasteiger partial charge < -0.3 is 14.6 Å². The molecule has 5 heteroatoms. The highest BCUT2D eigenvalue weighted by atomic mass is 16.4. The highest BCUT2D eigenvalue weighted by Gasteiger charge is 2.31.